The highest BCUT2D eigenvalue weighted by molar-refractivity contribution is 5.32. The molecule has 82 valence electrons. The molecular weight excluding hydrogens is 186 g/mol. The molecule has 1 fully saturated rings. The number of nitrogens with two attached hydrogens (primary N) is 1. The van der Waals surface area contributed by atoms with Crippen LogP contribution in [0.15, 0.2) is 24.3 Å². The Labute approximate surface area is 91.4 Å². The number of rotatable bonds is 4. The smallest absolute Gasteiger partial charge is 0.0583 e. The highest BCUT2D eigenvalue weighted by Crippen LogP contribution is 2.42. The van der Waals surface area contributed by atoms with E-state index in [0.29, 0.717) is 0 Å². The molecule has 0 aliphatic heterocycles. The zero-order valence-electron chi connectivity index (χ0n) is 9.49. The molecule has 1 atom stereocenters. The van der Waals surface area contributed by atoms with Gasteiger partial charge in [0.25, 0.3) is 0 Å². The molecule has 0 spiro atoms. The Balaban J connectivity index is 2.04. The molecule has 1 aliphatic carbocycles. The zero-order chi connectivity index (χ0) is 10.9. The van der Waals surface area contributed by atoms with E-state index in [1.165, 1.54) is 11.1 Å². The number of hydrogen-bond donors (Lipinski definition) is 1. The second-order valence-corrected chi connectivity index (χ2v) is 4.60. The summed E-state index contributed by atoms with van der Waals surface area (Å²) >= 11 is 0. The van der Waals surface area contributed by atoms with E-state index < -0.39 is 0 Å². The third-order valence-electron chi connectivity index (χ3n) is 3.24. The number of benzene rings is 1. The Hall–Kier alpha value is -0.860. The van der Waals surface area contributed by atoms with Gasteiger partial charge in [-0.1, -0.05) is 24.3 Å². The molecule has 0 amide bonds. The summed E-state index contributed by atoms with van der Waals surface area (Å²) in [6.45, 7) is 2.08. The number of methoxy groups -OCH3 is 1. The van der Waals surface area contributed by atoms with E-state index >= 15 is 0 Å². The van der Waals surface area contributed by atoms with Crippen molar-refractivity contribution in [1.29, 1.82) is 0 Å². The predicted octanol–water partition coefficient (Wildman–Crippen LogP) is 2.21. The van der Waals surface area contributed by atoms with E-state index in [1.807, 2.05) is 0 Å². The Morgan fingerprint density at radius 2 is 1.93 bits per heavy atom. The van der Waals surface area contributed by atoms with E-state index in [2.05, 4.69) is 31.2 Å². The minimum Gasteiger partial charge on any atom is -0.381 e. The normalized spacial score (nSPS) is 19.9. The molecule has 1 aromatic rings. The van der Waals surface area contributed by atoms with Crippen LogP contribution in [0.5, 0.6) is 0 Å². The molecule has 2 rings (SSSR count). The van der Waals surface area contributed by atoms with Gasteiger partial charge in [-0.15, -0.1) is 0 Å². The molecule has 0 bridgehead atoms. The van der Waals surface area contributed by atoms with Crippen LogP contribution < -0.4 is 5.73 Å². The molecule has 0 aromatic heterocycles. The van der Waals surface area contributed by atoms with Crippen molar-refractivity contribution in [2.75, 3.05) is 7.11 Å². The first-order valence-corrected chi connectivity index (χ1v) is 5.55. The maximum Gasteiger partial charge on any atom is 0.0583 e. The molecule has 1 saturated carbocycles. The van der Waals surface area contributed by atoms with Gasteiger partial charge in [0.05, 0.1) is 6.10 Å². The molecule has 2 nitrogen and oxygen atoms in total. The third-order valence-corrected chi connectivity index (χ3v) is 3.24. The van der Waals surface area contributed by atoms with Gasteiger partial charge in [-0.2, -0.15) is 0 Å². The summed E-state index contributed by atoms with van der Waals surface area (Å²) < 4.78 is 5.24. The van der Waals surface area contributed by atoms with Crippen LogP contribution in [-0.4, -0.2) is 13.2 Å². The molecule has 2 N–H and O–H groups in total. The minimum atomic E-state index is -0.00853. The fourth-order valence-corrected chi connectivity index (χ4v) is 1.81. The predicted molar refractivity (Wildman–Crippen MR) is 61.7 cm³/mol. The standard InChI is InChI=1S/C13H19NO/c1-10(15-2)9-11-3-5-12(6-4-11)13(14)7-8-13/h3-6,10H,7-9,14H2,1-2H3. The van der Waals surface area contributed by atoms with Crippen LogP contribution >= 0.6 is 0 Å². The van der Waals surface area contributed by atoms with E-state index in [9.17, 15) is 0 Å². The Kier molecular flexibility index (Phi) is 2.81. The molecule has 1 aliphatic rings. The molecule has 0 heterocycles. The van der Waals surface area contributed by atoms with Crippen LogP contribution in [0.25, 0.3) is 0 Å². The van der Waals surface area contributed by atoms with E-state index in [0.717, 1.165) is 19.3 Å². The van der Waals surface area contributed by atoms with Gasteiger partial charge in [0.15, 0.2) is 0 Å². The highest BCUT2D eigenvalue weighted by atomic mass is 16.5. The summed E-state index contributed by atoms with van der Waals surface area (Å²) in [7, 11) is 1.75. The Morgan fingerprint density at radius 1 is 1.33 bits per heavy atom. The summed E-state index contributed by atoms with van der Waals surface area (Å²) in [5.41, 5.74) is 8.70. The number of ether oxygens (including phenoxy) is 1. The Morgan fingerprint density at radius 3 is 2.40 bits per heavy atom. The minimum absolute atomic E-state index is 0.00853. The van der Waals surface area contributed by atoms with Crippen LogP contribution in [0.1, 0.15) is 30.9 Å². The summed E-state index contributed by atoms with van der Waals surface area (Å²) in [6.07, 6.45) is 3.50. The monoisotopic (exact) mass is 205 g/mol. The fraction of sp³-hybridized carbons (Fsp3) is 0.538. The second kappa shape index (κ2) is 3.95. The lowest BCUT2D eigenvalue weighted by molar-refractivity contribution is 0.119. The summed E-state index contributed by atoms with van der Waals surface area (Å²) in [5, 5.41) is 0. The van der Waals surface area contributed by atoms with Crippen molar-refractivity contribution < 1.29 is 4.74 Å². The molecule has 2 heteroatoms. The number of hydrogen-bond acceptors (Lipinski definition) is 2. The van der Waals surface area contributed by atoms with Crippen molar-refractivity contribution in [1.82, 2.24) is 0 Å². The maximum atomic E-state index is 6.12. The molecule has 1 unspecified atom stereocenters. The quantitative estimate of drug-likeness (QED) is 0.818. The largest absolute Gasteiger partial charge is 0.381 e. The lowest BCUT2D eigenvalue weighted by Crippen LogP contribution is -2.18. The van der Waals surface area contributed by atoms with Gasteiger partial charge in [-0.3, -0.25) is 0 Å². The molecule has 1 aromatic carbocycles. The van der Waals surface area contributed by atoms with Gasteiger partial charge in [-0.05, 0) is 37.3 Å². The van der Waals surface area contributed by atoms with Crippen molar-refractivity contribution in [3.63, 3.8) is 0 Å². The van der Waals surface area contributed by atoms with E-state index in [-0.39, 0.29) is 11.6 Å². The van der Waals surface area contributed by atoms with Gasteiger partial charge >= 0.3 is 0 Å². The first-order chi connectivity index (χ1) is 7.14. The fourth-order valence-electron chi connectivity index (χ4n) is 1.81. The van der Waals surface area contributed by atoms with Crippen molar-refractivity contribution in [3.8, 4) is 0 Å². The molecule has 15 heavy (non-hydrogen) atoms. The zero-order valence-corrected chi connectivity index (χ0v) is 9.49. The molecule has 0 saturated heterocycles. The van der Waals surface area contributed by atoms with Crippen LogP contribution in [0.4, 0.5) is 0 Å². The average molecular weight is 205 g/mol. The van der Waals surface area contributed by atoms with Gasteiger partial charge in [0.1, 0.15) is 0 Å². The van der Waals surface area contributed by atoms with Gasteiger partial charge in [0.2, 0.25) is 0 Å². The van der Waals surface area contributed by atoms with Crippen LogP contribution in [0, 0.1) is 0 Å². The first-order valence-electron chi connectivity index (χ1n) is 5.55. The summed E-state index contributed by atoms with van der Waals surface area (Å²) in [5.74, 6) is 0. The SMILES string of the molecule is COC(C)Cc1ccc(C2(N)CC2)cc1. The van der Waals surface area contributed by atoms with Crippen molar-refractivity contribution in [2.24, 2.45) is 5.73 Å². The van der Waals surface area contributed by atoms with Crippen LogP contribution in [0.3, 0.4) is 0 Å². The summed E-state index contributed by atoms with van der Waals surface area (Å²) in [4.78, 5) is 0. The first kappa shape index (κ1) is 10.7. The van der Waals surface area contributed by atoms with Crippen molar-refractivity contribution >= 4 is 0 Å². The second-order valence-electron chi connectivity index (χ2n) is 4.60. The molecular formula is C13H19NO. The summed E-state index contributed by atoms with van der Waals surface area (Å²) in [6, 6.07) is 8.64. The van der Waals surface area contributed by atoms with Crippen LogP contribution in [-0.2, 0) is 16.7 Å². The topological polar surface area (TPSA) is 35.2 Å². The lowest BCUT2D eigenvalue weighted by Gasteiger charge is -2.12. The highest BCUT2D eigenvalue weighted by Gasteiger charge is 2.39. The van der Waals surface area contributed by atoms with Crippen molar-refractivity contribution in [2.45, 2.75) is 37.8 Å². The van der Waals surface area contributed by atoms with E-state index in [1.54, 1.807) is 7.11 Å². The van der Waals surface area contributed by atoms with Gasteiger partial charge in [0, 0.05) is 12.6 Å². The third kappa shape index (κ3) is 2.39. The van der Waals surface area contributed by atoms with Gasteiger partial charge in [-0.25, -0.2) is 0 Å². The van der Waals surface area contributed by atoms with E-state index in [4.69, 9.17) is 10.5 Å². The van der Waals surface area contributed by atoms with Crippen LogP contribution in [0.2, 0.25) is 0 Å². The Bertz CT molecular complexity index is 327. The average Bonchev–Trinajstić information content (AvgIpc) is 2.98. The lowest BCUT2D eigenvalue weighted by atomic mass is 10.0. The maximum absolute atomic E-state index is 6.12. The van der Waals surface area contributed by atoms with Gasteiger partial charge < -0.3 is 10.5 Å². The molecule has 0 radical (unpaired) electrons. The van der Waals surface area contributed by atoms with Crippen molar-refractivity contribution in [3.05, 3.63) is 35.4 Å².